The lowest BCUT2D eigenvalue weighted by Gasteiger charge is -2.27. The van der Waals surface area contributed by atoms with Crippen molar-refractivity contribution in [2.75, 3.05) is 7.11 Å². The number of phenols is 1. The number of nitrogens with zero attached hydrogens (tertiary/aromatic N) is 1. The Kier molecular flexibility index (Phi) is 4.43. The summed E-state index contributed by atoms with van der Waals surface area (Å²) in [5.74, 6) is -0.284. The maximum absolute atomic E-state index is 12.9. The zero-order valence-corrected chi connectivity index (χ0v) is 16.5. The molecular formula is C24H17NO6. The van der Waals surface area contributed by atoms with Crippen molar-refractivity contribution in [2.45, 2.75) is 12.3 Å². The molecule has 154 valence electrons. The third-order valence-electron chi connectivity index (χ3n) is 5.37. The molecule has 2 aromatic heterocycles. The molecule has 7 nitrogen and oxygen atoms in total. The maximum Gasteiger partial charge on any atom is 0.306 e. The number of ether oxygens (including phenoxy) is 2. The first-order chi connectivity index (χ1) is 15.1. The standard InChI is InChI=1S/C24H17NO6/c1-29-20(28)10-15-14-8-5-9-25-24(14)31-19-12-17(27)22-16(26)11-18(30-23(22)21(15)19)13-6-3-2-4-7-13/h2-9,11-12,15,27H,10H2,1H3. The van der Waals surface area contributed by atoms with E-state index in [9.17, 15) is 14.7 Å². The molecule has 1 atom stereocenters. The van der Waals surface area contributed by atoms with Gasteiger partial charge in [-0.3, -0.25) is 9.59 Å². The average Bonchev–Trinajstić information content (AvgIpc) is 2.78. The molecule has 0 saturated carbocycles. The van der Waals surface area contributed by atoms with E-state index < -0.39 is 17.3 Å². The first-order valence-corrected chi connectivity index (χ1v) is 9.65. The van der Waals surface area contributed by atoms with Crippen LogP contribution in [0.5, 0.6) is 17.4 Å². The molecule has 0 spiro atoms. The molecular weight excluding hydrogens is 398 g/mol. The molecule has 1 N–H and O–H groups in total. The fraction of sp³-hybridized carbons (Fsp3) is 0.125. The van der Waals surface area contributed by atoms with E-state index in [4.69, 9.17) is 13.9 Å². The number of aromatic nitrogens is 1. The van der Waals surface area contributed by atoms with E-state index in [1.165, 1.54) is 19.2 Å². The van der Waals surface area contributed by atoms with Crippen molar-refractivity contribution in [3.63, 3.8) is 0 Å². The van der Waals surface area contributed by atoms with Crippen molar-refractivity contribution in [2.24, 2.45) is 0 Å². The highest BCUT2D eigenvalue weighted by molar-refractivity contribution is 5.91. The maximum atomic E-state index is 12.9. The van der Waals surface area contributed by atoms with Gasteiger partial charge in [0, 0.05) is 40.9 Å². The third-order valence-corrected chi connectivity index (χ3v) is 5.37. The van der Waals surface area contributed by atoms with Gasteiger partial charge in [-0.15, -0.1) is 0 Å². The number of esters is 1. The first-order valence-electron chi connectivity index (χ1n) is 9.65. The minimum atomic E-state index is -0.530. The van der Waals surface area contributed by atoms with Crippen molar-refractivity contribution in [1.82, 2.24) is 4.98 Å². The highest BCUT2D eigenvalue weighted by atomic mass is 16.5. The van der Waals surface area contributed by atoms with Gasteiger partial charge in [-0.05, 0) is 6.07 Å². The van der Waals surface area contributed by atoms with Gasteiger partial charge in [0.25, 0.3) is 0 Å². The highest BCUT2D eigenvalue weighted by Gasteiger charge is 2.34. The molecule has 1 unspecified atom stereocenters. The molecule has 3 heterocycles. The largest absolute Gasteiger partial charge is 0.507 e. The normalized spacial score (nSPS) is 14.4. The van der Waals surface area contributed by atoms with Crippen LogP contribution in [-0.4, -0.2) is 23.2 Å². The van der Waals surface area contributed by atoms with Crippen molar-refractivity contribution < 1.29 is 23.8 Å². The summed E-state index contributed by atoms with van der Waals surface area (Å²) >= 11 is 0. The van der Waals surface area contributed by atoms with E-state index in [1.807, 2.05) is 30.3 Å². The van der Waals surface area contributed by atoms with Gasteiger partial charge in [0.15, 0.2) is 5.43 Å². The van der Waals surface area contributed by atoms with E-state index in [0.717, 1.165) is 0 Å². The lowest BCUT2D eigenvalue weighted by atomic mass is 9.85. The van der Waals surface area contributed by atoms with Crippen LogP contribution in [-0.2, 0) is 9.53 Å². The molecule has 7 heteroatoms. The van der Waals surface area contributed by atoms with Gasteiger partial charge in [0.1, 0.15) is 28.2 Å². The predicted octanol–water partition coefficient (Wildman–Crippen LogP) is 4.36. The molecule has 2 aromatic carbocycles. The minimum absolute atomic E-state index is 0.00922. The van der Waals surface area contributed by atoms with Gasteiger partial charge in [-0.25, -0.2) is 4.98 Å². The van der Waals surface area contributed by atoms with Gasteiger partial charge in [0.05, 0.1) is 13.5 Å². The Bertz CT molecular complexity index is 1380. The number of aromatic hydroxyl groups is 1. The number of benzene rings is 2. The number of carbonyl (C=O) groups is 1. The first kappa shape index (κ1) is 18.9. The minimum Gasteiger partial charge on any atom is -0.507 e. The highest BCUT2D eigenvalue weighted by Crippen LogP contribution is 2.49. The van der Waals surface area contributed by atoms with Gasteiger partial charge in [-0.1, -0.05) is 36.4 Å². The summed E-state index contributed by atoms with van der Waals surface area (Å²) in [5, 5.41) is 10.6. The Balaban J connectivity index is 1.83. The van der Waals surface area contributed by atoms with Crippen LogP contribution < -0.4 is 10.2 Å². The van der Waals surface area contributed by atoms with Crippen molar-refractivity contribution in [1.29, 1.82) is 0 Å². The number of carbonyl (C=O) groups excluding carboxylic acids is 1. The molecule has 1 aliphatic heterocycles. The Morgan fingerprint density at radius 2 is 1.97 bits per heavy atom. The number of methoxy groups -OCH3 is 1. The van der Waals surface area contributed by atoms with Crippen LogP contribution in [0.15, 0.2) is 70.0 Å². The summed E-state index contributed by atoms with van der Waals surface area (Å²) in [7, 11) is 1.31. The molecule has 31 heavy (non-hydrogen) atoms. The van der Waals surface area contributed by atoms with Crippen molar-refractivity contribution in [3.05, 3.63) is 82.1 Å². The SMILES string of the molecule is COC(=O)CC1c2cccnc2Oc2cc(O)c3c(=O)cc(-c4ccccc4)oc3c21. The van der Waals surface area contributed by atoms with Crippen LogP contribution in [0.25, 0.3) is 22.3 Å². The fourth-order valence-electron chi connectivity index (χ4n) is 3.95. The van der Waals surface area contributed by atoms with E-state index >= 15 is 0 Å². The summed E-state index contributed by atoms with van der Waals surface area (Å²) < 4.78 is 17.0. The molecule has 0 radical (unpaired) electrons. The summed E-state index contributed by atoms with van der Waals surface area (Å²) in [6.07, 6.45) is 1.57. The average molecular weight is 415 g/mol. The molecule has 5 rings (SSSR count). The van der Waals surface area contributed by atoms with E-state index in [-0.39, 0.29) is 28.9 Å². The number of rotatable bonds is 3. The smallest absolute Gasteiger partial charge is 0.306 e. The Morgan fingerprint density at radius 1 is 1.16 bits per heavy atom. The van der Waals surface area contributed by atoms with Gasteiger partial charge >= 0.3 is 5.97 Å². The Hall–Kier alpha value is -4.13. The second-order valence-electron chi connectivity index (χ2n) is 7.19. The van der Waals surface area contributed by atoms with Crippen molar-refractivity contribution >= 4 is 16.9 Å². The summed E-state index contributed by atoms with van der Waals surface area (Å²) in [5.41, 5.74) is 1.65. The fourth-order valence-corrected chi connectivity index (χ4v) is 3.95. The third kappa shape index (κ3) is 3.11. The molecule has 0 amide bonds. The number of hydrogen-bond acceptors (Lipinski definition) is 7. The zero-order chi connectivity index (χ0) is 21.5. The lowest BCUT2D eigenvalue weighted by molar-refractivity contribution is -0.140. The van der Waals surface area contributed by atoms with Crippen LogP contribution in [0.4, 0.5) is 0 Å². The number of phenolic OH excluding ortho intramolecular Hbond substituents is 1. The number of hydrogen-bond donors (Lipinski definition) is 1. The molecule has 0 aliphatic carbocycles. The molecule has 0 fully saturated rings. The summed E-state index contributed by atoms with van der Waals surface area (Å²) in [4.78, 5) is 29.4. The van der Waals surface area contributed by atoms with Crippen LogP contribution >= 0.6 is 0 Å². The van der Waals surface area contributed by atoms with E-state index in [1.54, 1.807) is 18.3 Å². The van der Waals surface area contributed by atoms with Gasteiger partial charge in [-0.2, -0.15) is 0 Å². The van der Waals surface area contributed by atoms with Crippen LogP contribution in [0, 0.1) is 0 Å². The quantitative estimate of drug-likeness (QED) is 0.496. The topological polar surface area (TPSA) is 98.9 Å². The van der Waals surface area contributed by atoms with E-state index in [0.29, 0.717) is 28.3 Å². The second-order valence-corrected chi connectivity index (χ2v) is 7.19. The summed E-state index contributed by atoms with van der Waals surface area (Å²) in [6, 6.07) is 15.4. The van der Waals surface area contributed by atoms with Gasteiger partial charge < -0.3 is 19.0 Å². The van der Waals surface area contributed by atoms with Crippen molar-refractivity contribution in [3.8, 4) is 28.7 Å². The molecule has 1 aliphatic rings. The Labute approximate surface area is 176 Å². The number of fused-ring (bicyclic) bond motifs is 4. The predicted molar refractivity (Wildman–Crippen MR) is 112 cm³/mol. The number of pyridine rings is 1. The molecule has 0 bridgehead atoms. The van der Waals surface area contributed by atoms with E-state index in [2.05, 4.69) is 4.98 Å². The van der Waals surface area contributed by atoms with Crippen LogP contribution in [0.1, 0.15) is 23.5 Å². The Morgan fingerprint density at radius 3 is 2.74 bits per heavy atom. The van der Waals surface area contributed by atoms with Crippen LogP contribution in [0.3, 0.4) is 0 Å². The molecule has 0 saturated heterocycles. The summed E-state index contributed by atoms with van der Waals surface area (Å²) in [6.45, 7) is 0. The monoisotopic (exact) mass is 415 g/mol. The molecule has 4 aromatic rings. The lowest BCUT2D eigenvalue weighted by Crippen LogP contribution is -2.17. The van der Waals surface area contributed by atoms with Crippen LogP contribution in [0.2, 0.25) is 0 Å². The zero-order valence-electron chi connectivity index (χ0n) is 16.5. The van der Waals surface area contributed by atoms with Gasteiger partial charge in [0.2, 0.25) is 5.88 Å². The second kappa shape index (κ2) is 7.28.